The van der Waals surface area contributed by atoms with Gasteiger partial charge in [-0.3, -0.25) is 4.79 Å². The number of nitrogens with zero attached hydrogens (tertiary/aromatic N) is 3. The number of ether oxygens (including phenoxy) is 1. The van der Waals surface area contributed by atoms with E-state index in [1.54, 1.807) is 7.11 Å². The molecular formula is C16H25N3O2. The average Bonchev–Trinajstić information content (AvgIpc) is 3.28. The van der Waals surface area contributed by atoms with E-state index >= 15 is 0 Å². The summed E-state index contributed by atoms with van der Waals surface area (Å²) in [4.78, 5) is 18.6. The quantitative estimate of drug-likeness (QED) is 0.836. The normalized spacial score (nSPS) is 20.0. The largest absolute Gasteiger partial charge is 0.384 e. The Bertz CT molecular complexity index is 500. The summed E-state index contributed by atoms with van der Waals surface area (Å²) in [7, 11) is 1.64. The van der Waals surface area contributed by atoms with E-state index in [1.165, 1.54) is 24.4 Å². The maximum absolute atomic E-state index is 12.0. The van der Waals surface area contributed by atoms with Gasteiger partial charge in [0.05, 0.1) is 13.0 Å². The zero-order valence-corrected chi connectivity index (χ0v) is 13.0. The first-order valence-corrected chi connectivity index (χ1v) is 8.01. The van der Waals surface area contributed by atoms with Gasteiger partial charge < -0.3 is 14.2 Å². The second kappa shape index (κ2) is 6.18. The zero-order valence-electron chi connectivity index (χ0n) is 13.0. The number of hydrogen-bond acceptors (Lipinski definition) is 3. The second-order valence-corrected chi connectivity index (χ2v) is 6.26. The molecule has 0 aromatic carbocycles. The number of methoxy groups -OCH3 is 1. The van der Waals surface area contributed by atoms with Crippen LogP contribution in [0.4, 0.5) is 0 Å². The fraction of sp³-hybridized carbons (Fsp3) is 0.750. The predicted octanol–water partition coefficient (Wildman–Crippen LogP) is 2.27. The molecule has 0 radical (unpaired) electrons. The molecule has 2 fully saturated rings. The van der Waals surface area contributed by atoms with Gasteiger partial charge in [0.15, 0.2) is 0 Å². The van der Waals surface area contributed by atoms with Crippen LogP contribution in [-0.4, -0.2) is 47.2 Å². The SMILES string of the molecule is COCCC(=O)N1CCC(n2c(C)cnc2C2CC2)CC1. The van der Waals surface area contributed by atoms with Crippen LogP contribution in [0.1, 0.15) is 55.6 Å². The number of imidazole rings is 1. The van der Waals surface area contributed by atoms with Crippen molar-refractivity contribution in [3.63, 3.8) is 0 Å². The third-order valence-corrected chi connectivity index (χ3v) is 4.66. The number of amides is 1. The standard InChI is InChI=1S/C16H25N3O2/c1-12-11-17-16(13-3-4-13)19(12)14-5-8-18(9-6-14)15(20)7-10-21-2/h11,13-14H,3-10H2,1-2H3. The van der Waals surface area contributed by atoms with Crippen molar-refractivity contribution in [2.75, 3.05) is 26.8 Å². The minimum Gasteiger partial charge on any atom is -0.384 e. The highest BCUT2D eigenvalue weighted by Crippen LogP contribution is 2.41. The minimum atomic E-state index is 0.222. The summed E-state index contributed by atoms with van der Waals surface area (Å²) in [6, 6.07) is 0.509. The van der Waals surface area contributed by atoms with Crippen molar-refractivity contribution < 1.29 is 9.53 Å². The Morgan fingerprint density at radius 3 is 2.67 bits per heavy atom. The van der Waals surface area contributed by atoms with Gasteiger partial charge in [-0.1, -0.05) is 0 Å². The van der Waals surface area contributed by atoms with E-state index in [2.05, 4.69) is 16.5 Å². The highest BCUT2D eigenvalue weighted by Gasteiger charge is 2.32. The molecule has 5 nitrogen and oxygen atoms in total. The van der Waals surface area contributed by atoms with Gasteiger partial charge in [0, 0.05) is 44.0 Å². The second-order valence-electron chi connectivity index (χ2n) is 6.26. The molecule has 0 bridgehead atoms. The molecule has 0 N–H and O–H groups in total. The third kappa shape index (κ3) is 3.12. The fourth-order valence-corrected chi connectivity index (χ4v) is 3.30. The number of aromatic nitrogens is 2. The summed E-state index contributed by atoms with van der Waals surface area (Å²) in [5, 5.41) is 0. The number of carbonyl (C=O) groups is 1. The van der Waals surface area contributed by atoms with Gasteiger partial charge in [0.25, 0.3) is 0 Å². The smallest absolute Gasteiger partial charge is 0.224 e. The summed E-state index contributed by atoms with van der Waals surface area (Å²) in [6.45, 7) is 4.38. The molecule has 1 amide bonds. The zero-order chi connectivity index (χ0) is 14.8. The van der Waals surface area contributed by atoms with Crippen molar-refractivity contribution in [2.45, 2.75) is 51.0 Å². The molecule has 1 saturated heterocycles. The van der Waals surface area contributed by atoms with Crippen molar-refractivity contribution in [1.29, 1.82) is 0 Å². The first kappa shape index (κ1) is 14.6. The van der Waals surface area contributed by atoms with Crippen LogP contribution >= 0.6 is 0 Å². The maximum Gasteiger partial charge on any atom is 0.224 e. The van der Waals surface area contributed by atoms with Gasteiger partial charge in [-0.2, -0.15) is 0 Å². The summed E-state index contributed by atoms with van der Waals surface area (Å²) in [5.41, 5.74) is 1.26. The Hall–Kier alpha value is -1.36. The monoisotopic (exact) mass is 291 g/mol. The van der Waals surface area contributed by atoms with Gasteiger partial charge in [-0.25, -0.2) is 4.98 Å². The van der Waals surface area contributed by atoms with Crippen molar-refractivity contribution in [1.82, 2.24) is 14.5 Å². The maximum atomic E-state index is 12.0. The molecule has 5 heteroatoms. The lowest BCUT2D eigenvalue weighted by Gasteiger charge is -2.34. The summed E-state index contributed by atoms with van der Waals surface area (Å²) >= 11 is 0. The van der Waals surface area contributed by atoms with Crippen LogP contribution in [0, 0.1) is 6.92 Å². The first-order valence-electron chi connectivity index (χ1n) is 8.01. The third-order valence-electron chi connectivity index (χ3n) is 4.66. The van der Waals surface area contributed by atoms with Crippen LogP contribution in [-0.2, 0) is 9.53 Å². The van der Waals surface area contributed by atoms with Crippen LogP contribution < -0.4 is 0 Å². The lowest BCUT2D eigenvalue weighted by molar-refractivity contribution is -0.133. The molecule has 3 rings (SSSR count). The lowest BCUT2D eigenvalue weighted by Crippen LogP contribution is -2.39. The number of likely N-dealkylation sites (tertiary alicyclic amines) is 1. The number of aryl methyl sites for hydroxylation is 1. The molecule has 1 aliphatic heterocycles. The van der Waals surface area contributed by atoms with E-state index < -0.39 is 0 Å². The number of piperidine rings is 1. The molecule has 2 aliphatic rings. The fourth-order valence-electron chi connectivity index (χ4n) is 3.30. The average molecular weight is 291 g/mol. The molecule has 0 spiro atoms. The van der Waals surface area contributed by atoms with E-state index in [0.29, 0.717) is 25.0 Å². The van der Waals surface area contributed by atoms with Crippen molar-refractivity contribution in [3.8, 4) is 0 Å². The molecule has 1 aromatic rings. The molecule has 0 atom stereocenters. The predicted molar refractivity (Wildman–Crippen MR) is 80.3 cm³/mol. The molecule has 116 valence electrons. The van der Waals surface area contributed by atoms with E-state index in [0.717, 1.165) is 25.9 Å². The molecular weight excluding hydrogens is 266 g/mol. The summed E-state index contributed by atoms with van der Waals surface area (Å²) in [6.07, 6.45) is 7.14. The van der Waals surface area contributed by atoms with Gasteiger partial charge in [0.1, 0.15) is 5.82 Å². The summed E-state index contributed by atoms with van der Waals surface area (Å²) in [5.74, 6) is 2.18. The molecule has 1 aromatic heterocycles. The highest BCUT2D eigenvalue weighted by molar-refractivity contribution is 5.76. The van der Waals surface area contributed by atoms with Gasteiger partial charge in [0.2, 0.25) is 5.91 Å². The van der Waals surface area contributed by atoms with Crippen molar-refractivity contribution >= 4 is 5.91 Å². The van der Waals surface area contributed by atoms with E-state index in [1.807, 2.05) is 11.1 Å². The molecule has 0 unspecified atom stereocenters. The minimum absolute atomic E-state index is 0.222. The highest BCUT2D eigenvalue weighted by atomic mass is 16.5. The van der Waals surface area contributed by atoms with Crippen LogP contribution in [0.25, 0.3) is 0 Å². The number of rotatable bonds is 5. The lowest BCUT2D eigenvalue weighted by atomic mass is 10.0. The van der Waals surface area contributed by atoms with E-state index in [-0.39, 0.29) is 5.91 Å². The molecule has 1 aliphatic carbocycles. The Morgan fingerprint density at radius 2 is 2.05 bits per heavy atom. The van der Waals surface area contributed by atoms with E-state index in [4.69, 9.17) is 4.74 Å². The Labute approximate surface area is 126 Å². The summed E-state index contributed by atoms with van der Waals surface area (Å²) < 4.78 is 7.43. The van der Waals surface area contributed by atoms with Crippen molar-refractivity contribution in [2.24, 2.45) is 0 Å². The van der Waals surface area contributed by atoms with Crippen molar-refractivity contribution in [3.05, 3.63) is 17.7 Å². The van der Waals surface area contributed by atoms with E-state index in [9.17, 15) is 4.79 Å². The topological polar surface area (TPSA) is 47.4 Å². The Kier molecular flexibility index (Phi) is 4.29. The van der Waals surface area contributed by atoms with Crippen LogP contribution in [0.15, 0.2) is 6.20 Å². The van der Waals surface area contributed by atoms with Gasteiger partial charge in [-0.15, -0.1) is 0 Å². The van der Waals surface area contributed by atoms with Crippen LogP contribution in [0.2, 0.25) is 0 Å². The molecule has 1 saturated carbocycles. The van der Waals surface area contributed by atoms with Gasteiger partial charge in [-0.05, 0) is 32.6 Å². The first-order chi connectivity index (χ1) is 10.2. The van der Waals surface area contributed by atoms with Gasteiger partial charge >= 0.3 is 0 Å². The Morgan fingerprint density at radius 1 is 1.33 bits per heavy atom. The van der Waals surface area contributed by atoms with Crippen LogP contribution in [0.5, 0.6) is 0 Å². The number of carbonyl (C=O) groups excluding carboxylic acids is 1. The molecule has 2 heterocycles. The number of hydrogen-bond donors (Lipinski definition) is 0. The Balaban J connectivity index is 1.61. The molecule has 21 heavy (non-hydrogen) atoms. The van der Waals surface area contributed by atoms with Crippen LogP contribution in [0.3, 0.4) is 0 Å².